The van der Waals surface area contributed by atoms with Crippen LogP contribution in [-0.2, 0) is 0 Å². The topological polar surface area (TPSA) is 54.0 Å². The molecule has 5 heteroatoms. The largest absolute Gasteiger partial charge is 0.369 e. The number of rotatable bonds is 8. The second kappa shape index (κ2) is 7.25. The van der Waals surface area contributed by atoms with E-state index in [0.717, 1.165) is 24.0 Å². The molecule has 1 heterocycles. The standard InChI is InChI=1S/C16H24BrN3O/c1-3-5-16(6-7-16)11-20-15(21)13-9-12(17)10-19-14(13)18-8-4-2/h9-10H,3-8,11H2,1-2H3,(H,18,19)(H,20,21). The van der Waals surface area contributed by atoms with E-state index in [4.69, 9.17) is 0 Å². The van der Waals surface area contributed by atoms with Gasteiger partial charge in [-0.1, -0.05) is 20.3 Å². The summed E-state index contributed by atoms with van der Waals surface area (Å²) in [6, 6.07) is 1.83. The van der Waals surface area contributed by atoms with E-state index in [2.05, 4.69) is 45.4 Å². The van der Waals surface area contributed by atoms with Crippen molar-refractivity contribution in [2.24, 2.45) is 5.41 Å². The van der Waals surface area contributed by atoms with Crippen LogP contribution in [0.15, 0.2) is 16.7 Å². The first-order valence-corrected chi connectivity index (χ1v) is 8.57. The Kier molecular flexibility index (Phi) is 5.62. The molecule has 2 N–H and O–H groups in total. The van der Waals surface area contributed by atoms with Gasteiger partial charge in [0.1, 0.15) is 5.82 Å². The number of amides is 1. The van der Waals surface area contributed by atoms with Crippen molar-refractivity contribution < 1.29 is 4.79 Å². The van der Waals surface area contributed by atoms with Crippen LogP contribution in [0.3, 0.4) is 0 Å². The third kappa shape index (κ3) is 4.43. The fourth-order valence-electron chi connectivity index (χ4n) is 2.58. The molecule has 0 radical (unpaired) electrons. The van der Waals surface area contributed by atoms with Gasteiger partial charge in [0.15, 0.2) is 0 Å². The normalized spacial score (nSPS) is 15.6. The number of aromatic nitrogens is 1. The smallest absolute Gasteiger partial charge is 0.255 e. The second-order valence-corrected chi connectivity index (χ2v) is 6.82. The Labute approximate surface area is 135 Å². The monoisotopic (exact) mass is 353 g/mol. The Bertz CT molecular complexity index is 500. The third-order valence-corrected chi connectivity index (χ3v) is 4.44. The molecule has 1 aromatic heterocycles. The van der Waals surface area contributed by atoms with Crippen LogP contribution >= 0.6 is 15.9 Å². The molecule has 1 amide bonds. The summed E-state index contributed by atoms with van der Waals surface area (Å²) in [7, 11) is 0. The van der Waals surface area contributed by atoms with Crippen molar-refractivity contribution in [1.29, 1.82) is 0 Å². The number of hydrogen-bond donors (Lipinski definition) is 2. The molecule has 1 fully saturated rings. The van der Waals surface area contributed by atoms with E-state index >= 15 is 0 Å². The molecule has 21 heavy (non-hydrogen) atoms. The summed E-state index contributed by atoms with van der Waals surface area (Å²) in [4.78, 5) is 16.8. The minimum absolute atomic E-state index is 0.0372. The molecule has 0 saturated heterocycles. The molecule has 0 unspecified atom stereocenters. The van der Waals surface area contributed by atoms with Crippen molar-refractivity contribution in [1.82, 2.24) is 10.3 Å². The van der Waals surface area contributed by atoms with Crippen molar-refractivity contribution in [3.8, 4) is 0 Å². The van der Waals surface area contributed by atoms with Gasteiger partial charge < -0.3 is 10.6 Å². The Balaban J connectivity index is 2.02. The second-order valence-electron chi connectivity index (χ2n) is 5.91. The maximum absolute atomic E-state index is 12.4. The lowest BCUT2D eigenvalue weighted by Crippen LogP contribution is -2.31. The van der Waals surface area contributed by atoms with Gasteiger partial charge in [0.05, 0.1) is 5.56 Å². The minimum atomic E-state index is -0.0372. The fraction of sp³-hybridized carbons (Fsp3) is 0.625. The first-order valence-electron chi connectivity index (χ1n) is 7.78. The van der Waals surface area contributed by atoms with Gasteiger partial charge in [0, 0.05) is 23.8 Å². The van der Waals surface area contributed by atoms with Crippen LogP contribution in [0.5, 0.6) is 0 Å². The molecule has 1 aliphatic carbocycles. The lowest BCUT2D eigenvalue weighted by atomic mass is 10.0. The summed E-state index contributed by atoms with van der Waals surface area (Å²) < 4.78 is 0.824. The van der Waals surface area contributed by atoms with Gasteiger partial charge in [0.25, 0.3) is 5.91 Å². The Morgan fingerprint density at radius 2 is 2.14 bits per heavy atom. The number of carbonyl (C=O) groups is 1. The Morgan fingerprint density at radius 1 is 1.38 bits per heavy atom. The summed E-state index contributed by atoms with van der Waals surface area (Å²) in [6.45, 7) is 5.88. The number of nitrogens with one attached hydrogen (secondary N) is 2. The highest BCUT2D eigenvalue weighted by atomic mass is 79.9. The summed E-state index contributed by atoms with van der Waals surface area (Å²) in [5.41, 5.74) is 0.978. The Morgan fingerprint density at radius 3 is 2.76 bits per heavy atom. The molecule has 0 aliphatic heterocycles. The first kappa shape index (κ1) is 16.3. The molecular weight excluding hydrogens is 330 g/mol. The van der Waals surface area contributed by atoms with Crippen molar-refractivity contribution in [3.05, 3.63) is 22.3 Å². The van der Waals surface area contributed by atoms with Gasteiger partial charge in [-0.3, -0.25) is 4.79 Å². The molecule has 4 nitrogen and oxygen atoms in total. The number of hydrogen-bond acceptors (Lipinski definition) is 3. The van der Waals surface area contributed by atoms with E-state index in [1.54, 1.807) is 6.20 Å². The van der Waals surface area contributed by atoms with Crippen molar-refractivity contribution in [2.75, 3.05) is 18.4 Å². The van der Waals surface area contributed by atoms with Crippen molar-refractivity contribution >= 4 is 27.7 Å². The summed E-state index contributed by atoms with van der Waals surface area (Å²) >= 11 is 3.39. The molecule has 1 aliphatic rings. The molecule has 0 bridgehead atoms. The predicted molar refractivity (Wildman–Crippen MR) is 89.6 cm³/mol. The van der Waals surface area contributed by atoms with Gasteiger partial charge >= 0.3 is 0 Å². The van der Waals surface area contributed by atoms with Crippen LogP contribution in [-0.4, -0.2) is 24.0 Å². The lowest BCUT2D eigenvalue weighted by molar-refractivity contribution is 0.0944. The SMILES string of the molecule is CCCNc1ncc(Br)cc1C(=O)NCC1(CCC)CC1. The van der Waals surface area contributed by atoms with Gasteiger partial charge in [-0.2, -0.15) is 0 Å². The number of nitrogens with zero attached hydrogens (tertiary/aromatic N) is 1. The first-order chi connectivity index (χ1) is 10.1. The molecule has 0 atom stereocenters. The highest BCUT2D eigenvalue weighted by Gasteiger charge is 2.41. The number of halogens is 1. The zero-order valence-corrected chi connectivity index (χ0v) is 14.4. The number of anilines is 1. The minimum Gasteiger partial charge on any atom is -0.369 e. The van der Waals surface area contributed by atoms with Crippen LogP contribution < -0.4 is 10.6 Å². The van der Waals surface area contributed by atoms with E-state index in [9.17, 15) is 4.79 Å². The number of carbonyl (C=O) groups excluding carboxylic acids is 1. The van der Waals surface area contributed by atoms with Crippen LogP contribution in [0.1, 0.15) is 56.3 Å². The maximum atomic E-state index is 12.4. The van der Waals surface area contributed by atoms with Crippen LogP contribution in [0, 0.1) is 5.41 Å². The van der Waals surface area contributed by atoms with E-state index in [-0.39, 0.29) is 5.91 Å². The van der Waals surface area contributed by atoms with E-state index in [1.807, 2.05) is 6.07 Å². The summed E-state index contributed by atoms with van der Waals surface area (Å²) in [5, 5.41) is 6.31. The highest BCUT2D eigenvalue weighted by molar-refractivity contribution is 9.10. The molecule has 116 valence electrons. The van der Waals surface area contributed by atoms with Gasteiger partial charge in [-0.15, -0.1) is 0 Å². The van der Waals surface area contributed by atoms with Crippen LogP contribution in [0.25, 0.3) is 0 Å². The van der Waals surface area contributed by atoms with Crippen molar-refractivity contribution in [2.45, 2.75) is 46.0 Å². The van der Waals surface area contributed by atoms with E-state index < -0.39 is 0 Å². The molecule has 0 spiro atoms. The van der Waals surface area contributed by atoms with Gasteiger partial charge in [-0.05, 0) is 53.1 Å². The van der Waals surface area contributed by atoms with Crippen LogP contribution in [0.4, 0.5) is 5.82 Å². The van der Waals surface area contributed by atoms with E-state index in [0.29, 0.717) is 16.8 Å². The molecule has 1 aromatic rings. The van der Waals surface area contributed by atoms with Crippen LogP contribution in [0.2, 0.25) is 0 Å². The fourth-order valence-corrected chi connectivity index (χ4v) is 2.91. The quantitative estimate of drug-likeness (QED) is 0.743. The molecule has 0 aromatic carbocycles. The average molecular weight is 354 g/mol. The lowest BCUT2D eigenvalue weighted by Gasteiger charge is -2.16. The zero-order valence-electron chi connectivity index (χ0n) is 12.8. The average Bonchev–Trinajstić information content (AvgIpc) is 3.24. The third-order valence-electron chi connectivity index (χ3n) is 4.00. The Hall–Kier alpha value is -1.10. The van der Waals surface area contributed by atoms with Gasteiger partial charge in [-0.25, -0.2) is 4.98 Å². The maximum Gasteiger partial charge on any atom is 0.255 e. The summed E-state index contributed by atoms with van der Waals surface area (Å²) in [5.74, 6) is 0.627. The zero-order chi connectivity index (χ0) is 15.3. The highest BCUT2D eigenvalue weighted by Crippen LogP contribution is 2.48. The predicted octanol–water partition coefficient (Wildman–Crippen LogP) is 3.98. The molecule has 2 rings (SSSR count). The van der Waals surface area contributed by atoms with Gasteiger partial charge in [0.2, 0.25) is 0 Å². The number of pyridine rings is 1. The van der Waals surface area contributed by atoms with Crippen molar-refractivity contribution in [3.63, 3.8) is 0 Å². The van der Waals surface area contributed by atoms with E-state index in [1.165, 1.54) is 25.7 Å². The summed E-state index contributed by atoms with van der Waals surface area (Å²) in [6.07, 6.45) is 7.56. The molecular formula is C16H24BrN3O. The molecule has 1 saturated carbocycles.